The predicted octanol–water partition coefficient (Wildman–Crippen LogP) is -0.0614. The van der Waals surface area contributed by atoms with E-state index < -0.39 is 10.0 Å². The van der Waals surface area contributed by atoms with Gasteiger partial charge in [0, 0.05) is 32.7 Å². The van der Waals surface area contributed by atoms with Gasteiger partial charge in [0.05, 0.1) is 6.26 Å². The zero-order valence-electron chi connectivity index (χ0n) is 10.9. The first-order valence-electron chi connectivity index (χ1n) is 6.35. The van der Waals surface area contributed by atoms with Gasteiger partial charge in [0.15, 0.2) is 0 Å². The van der Waals surface area contributed by atoms with E-state index in [-0.39, 0.29) is 0 Å². The van der Waals surface area contributed by atoms with Crippen LogP contribution in [0.5, 0.6) is 0 Å². The molecule has 1 aliphatic heterocycles. The van der Waals surface area contributed by atoms with Crippen molar-refractivity contribution in [1.82, 2.24) is 9.21 Å². The van der Waals surface area contributed by atoms with Crippen LogP contribution in [-0.4, -0.2) is 63.1 Å². The topological polar surface area (TPSA) is 66.6 Å². The number of hydrogen-bond donors (Lipinski definition) is 1. The summed E-state index contributed by atoms with van der Waals surface area (Å²) in [5.41, 5.74) is 5.56. The van der Waals surface area contributed by atoms with Gasteiger partial charge < -0.3 is 10.6 Å². The lowest BCUT2D eigenvalue weighted by Crippen LogP contribution is -2.44. The third kappa shape index (κ3) is 4.91. The van der Waals surface area contributed by atoms with E-state index in [0.717, 1.165) is 32.5 Å². The standard InChI is InChI=1S/C11H25N3O2S/c1-3-13(8-6-12)9-11-5-4-7-14(10-11)17(2,15)16/h11H,3-10,12H2,1-2H3. The minimum Gasteiger partial charge on any atom is -0.329 e. The first-order valence-corrected chi connectivity index (χ1v) is 8.19. The van der Waals surface area contributed by atoms with E-state index in [1.165, 1.54) is 6.26 Å². The molecule has 0 radical (unpaired) electrons. The van der Waals surface area contributed by atoms with Crippen molar-refractivity contribution in [2.75, 3.05) is 45.5 Å². The molecule has 1 fully saturated rings. The average molecular weight is 263 g/mol. The van der Waals surface area contributed by atoms with Gasteiger partial charge in [-0.05, 0) is 25.3 Å². The van der Waals surface area contributed by atoms with Gasteiger partial charge in [-0.3, -0.25) is 0 Å². The van der Waals surface area contributed by atoms with Gasteiger partial charge >= 0.3 is 0 Å². The Morgan fingerprint density at radius 1 is 1.47 bits per heavy atom. The van der Waals surface area contributed by atoms with Crippen molar-refractivity contribution in [3.05, 3.63) is 0 Å². The number of nitrogens with two attached hydrogens (primary N) is 1. The lowest BCUT2D eigenvalue weighted by molar-refractivity contribution is 0.186. The van der Waals surface area contributed by atoms with Crippen LogP contribution in [-0.2, 0) is 10.0 Å². The summed E-state index contributed by atoms with van der Waals surface area (Å²) in [6.45, 7) is 6.96. The molecule has 17 heavy (non-hydrogen) atoms. The van der Waals surface area contributed by atoms with E-state index in [4.69, 9.17) is 5.73 Å². The van der Waals surface area contributed by atoms with Crippen LogP contribution >= 0.6 is 0 Å². The van der Waals surface area contributed by atoms with Gasteiger partial charge in [-0.15, -0.1) is 0 Å². The van der Waals surface area contributed by atoms with Crippen LogP contribution in [0.15, 0.2) is 0 Å². The second-order valence-electron chi connectivity index (χ2n) is 4.81. The number of hydrogen-bond acceptors (Lipinski definition) is 4. The summed E-state index contributed by atoms with van der Waals surface area (Å²) in [6.07, 6.45) is 3.39. The normalized spacial score (nSPS) is 23.2. The fraction of sp³-hybridized carbons (Fsp3) is 1.00. The zero-order chi connectivity index (χ0) is 12.9. The quantitative estimate of drug-likeness (QED) is 0.729. The van der Waals surface area contributed by atoms with Crippen molar-refractivity contribution in [3.63, 3.8) is 0 Å². The molecule has 0 amide bonds. The average Bonchev–Trinajstić information content (AvgIpc) is 2.28. The largest absolute Gasteiger partial charge is 0.329 e. The Morgan fingerprint density at radius 2 is 2.18 bits per heavy atom. The van der Waals surface area contributed by atoms with E-state index in [0.29, 0.717) is 25.6 Å². The summed E-state index contributed by atoms with van der Waals surface area (Å²) in [7, 11) is -3.02. The van der Waals surface area contributed by atoms with E-state index in [1.54, 1.807) is 4.31 Å². The molecule has 1 saturated heterocycles. The van der Waals surface area contributed by atoms with Gasteiger partial charge in [0.25, 0.3) is 0 Å². The summed E-state index contributed by atoms with van der Waals surface area (Å²) >= 11 is 0. The molecule has 6 heteroatoms. The molecule has 0 aromatic heterocycles. The van der Waals surface area contributed by atoms with Crippen LogP contribution in [0.3, 0.4) is 0 Å². The highest BCUT2D eigenvalue weighted by atomic mass is 32.2. The van der Waals surface area contributed by atoms with Gasteiger partial charge in [-0.25, -0.2) is 12.7 Å². The minimum absolute atomic E-state index is 0.449. The third-order valence-corrected chi connectivity index (χ3v) is 4.63. The molecule has 1 unspecified atom stereocenters. The first kappa shape index (κ1) is 14.9. The predicted molar refractivity (Wildman–Crippen MR) is 70.3 cm³/mol. The van der Waals surface area contributed by atoms with Crippen molar-refractivity contribution in [2.24, 2.45) is 11.7 Å². The second-order valence-corrected chi connectivity index (χ2v) is 6.79. The summed E-state index contributed by atoms with van der Waals surface area (Å²) in [5.74, 6) is 0.449. The Morgan fingerprint density at radius 3 is 2.71 bits per heavy atom. The van der Waals surface area contributed by atoms with E-state index in [2.05, 4.69) is 11.8 Å². The molecule has 0 bridgehead atoms. The Labute approximate surface area is 105 Å². The highest BCUT2D eigenvalue weighted by Gasteiger charge is 2.26. The van der Waals surface area contributed by atoms with Crippen LogP contribution in [0.1, 0.15) is 19.8 Å². The maximum atomic E-state index is 11.5. The molecule has 0 spiro atoms. The molecule has 0 aliphatic carbocycles. The van der Waals surface area contributed by atoms with Crippen LogP contribution in [0.4, 0.5) is 0 Å². The van der Waals surface area contributed by atoms with Crippen LogP contribution in [0.2, 0.25) is 0 Å². The maximum Gasteiger partial charge on any atom is 0.211 e. The van der Waals surface area contributed by atoms with Crippen molar-refractivity contribution < 1.29 is 8.42 Å². The summed E-state index contributed by atoms with van der Waals surface area (Å²) < 4.78 is 24.6. The molecule has 1 aliphatic rings. The van der Waals surface area contributed by atoms with Crippen LogP contribution < -0.4 is 5.73 Å². The SMILES string of the molecule is CCN(CCN)CC1CCCN(S(C)(=O)=O)C1. The molecular weight excluding hydrogens is 238 g/mol. The maximum absolute atomic E-state index is 11.5. The molecule has 0 aromatic carbocycles. The van der Waals surface area contributed by atoms with Gasteiger partial charge in [0.1, 0.15) is 0 Å². The molecule has 1 atom stereocenters. The van der Waals surface area contributed by atoms with E-state index in [9.17, 15) is 8.42 Å². The fourth-order valence-electron chi connectivity index (χ4n) is 2.40. The molecule has 0 aromatic rings. The first-order chi connectivity index (χ1) is 7.97. The number of rotatable bonds is 6. The highest BCUT2D eigenvalue weighted by molar-refractivity contribution is 7.88. The third-order valence-electron chi connectivity index (χ3n) is 3.36. The molecule has 5 nitrogen and oxygen atoms in total. The Hall–Kier alpha value is -0.170. The number of piperidine rings is 1. The number of likely N-dealkylation sites (N-methyl/N-ethyl adjacent to an activating group) is 1. The minimum atomic E-state index is -3.02. The van der Waals surface area contributed by atoms with Crippen molar-refractivity contribution in [3.8, 4) is 0 Å². The zero-order valence-corrected chi connectivity index (χ0v) is 11.7. The Kier molecular flexibility index (Phi) is 5.85. The Balaban J connectivity index is 2.49. The van der Waals surface area contributed by atoms with Crippen molar-refractivity contribution in [2.45, 2.75) is 19.8 Å². The van der Waals surface area contributed by atoms with Gasteiger partial charge in [-0.1, -0.05) is 6.92 Å². The lowest BCUT2D eigenvalue weighted by Gasteiger charge is -2.34. The summed E-state index contributed by atoms with van der Waals surface area (Å²) in [5, 5.41) is 0. The molecule has 1 rings (SSSR count). The van der Waals surface area contributed by atoms with Crippen molar-refractivity contribution >= 4 is 10.0 Å². The van der Waals surface area contributed by atoms with Crippen LogP contribution in [0.25, 0.3) is 0 Å². The van der Waals surface area contributed by atoms with Crippen LogP contribution in [0, 0.1) is 5.92 Å². The number of sulfonamides is 1. The van der Waals surface area contributed by atoms with Gasteiger partial charge in [0.2, 0.25) is 10.0 Å². The summed E-state index contributed by atoms with van der Waals surface area (Å²) in [4.78, 5) is 2.30. The molecule has 1 heterocycles. The fourth-order valence-corrected chi connectivity index (χ4v) is 3.35. The monoisotopic (exact) mass is 263 g/mol. The smallest absolute Gasteiger partial charge is 0.211 e. The second kappa shape index (κ2) is 6.68. The van der Waals surface area contributed by atoms with E-state index in [1.807, 2.05) is 0 Å². The molecule has 2 N–H and O–H groups in total. The molecular formula is C11H25N3O2S. The van der Waals surface area contributed by atoms with E-state index >= 15 is 0 Å². The molecule has 0 saturated carbocycles. The lowest BCUT2D eigenvalue weighted by atomic mass is 9.99. The molecule has 102 valence electrons. The van der Waals surface area contributed by atoms with Crippen molar-refractivity contribution in [1.29, 1.82) is 0 Å². The Bertz CT molecular complexity index is 319. The number of nitrogens with zero attached hydrogens (tertiary/aromatic N) is 2. The summed E-state index contributed by atoms with van der Waals surface area (Å²) in [6, 6.07) is 0. The highest BCUT2D eigenvalue weighted by Crippen LogP contribution is 2.19. The van der Waals surface area contributed by atoms with Gasteiger partial charge in [-0.2, -0.15) is 0 Å².